The molecule has 0 radical (unpaired) electrons. The second-order valence-electron chi connectivity index (χ2n) is 15.0. The van der Waals surface area contributed by atoms with Crippen LogP contribution in [0.4, 0.5) is 21.5 Å². The van der Waals surface area contributed by atoms with E-state index in [0.717, 1.165) is 39.4 Å². The van der Waals surface area contributed by atoms with Gasteiger partial charge in [0.05, 0.1) is 16.4 Å². The molecule has 9 aromatic carbocycles. The number of anilines is 3. The molecule has 10 aromatic rings. The Morgan fingerprint density at radius 2 is 0.914 bits per heavy atom. The van der Waals surface area contributed by atoms with Crippen LogP contribution in [0.3, 0.4) is 0 Å². The van der Waals surface area contributed by atoms with Crippen molar-refractivity contribution in [2.75, 3.05) is 4.90 Å². The first-order valence-corrected chi connectivity index (χ1v) is 19.8. The topological polar surface area (TPSA) is 8.17 Å². The van der Waals surface area contributed by atoms with Crippen LogP contribution in [0.2, 0.25) is 0 Å². The van der Waals surface area contributed by atoms with E-state index in [1.165, 1.54) is 61.8 Å². The van der Waals surface area contributed by atoms with Gasteiger partial charge in [0.2, 0.25) is 0 Å². The van der Waals surface area contributed by atoms with E-state index in [0.29, 0.717) is 0 Å². The molecule has 1 aliphatic carbocycles. The van der Waals surface area contributed by atoms with Gasteiger partial charge in [0.15, 0.2) is 0 Å². The third-order valence-corrected chi connectivity index (χ3v) is 11.9. The summed E-state index contributed by atoms with van der Waals surface area (Å²) in [6.45, 7) is 0. The molecule has 1 aliphatic rings. The van der Waals surface area contributed by atoms with Crippen molar-refractivity contribution < 1.29 is 4.39 Å². The third kappa shape index (κ3) is 5.24. The maximum absolute atomic E-state index is 13.9. The molecule has 58 heavy (non-hydrogen) atoms. The Morgan fingerprint density at radius 1 is 0.379 bits per heavy atom. The van der Waals surface area contributed by atoms with E-state index >= 15 is 0 Å². The molecule has 0 amide bonds. The van der Waals surface area contributed by atoms with Crippen molar-refractivity contribution in [3.05, 3.63) is 253 Å². The first-order chi connectivity index (χ1) is 28.7. The van der Waals surface area contributed by atoms with Gasteiger partial charge in [-0.25, -0.2) is 4.39 Å². The van der Waals surface area contributed by atoms with Gasteiger partial charge >= 0.3 is 0 Å². The minimum absolute atomic E-state index is 0.252. The molecule has 1 aromatic heterocycles. The van der Waals surface area contributed by atoms with Crippen LogP contribution in [0.15, 0.2) is 224 Å². The van der Waals surface area contributed by atoms with Crippen molar-refractivity contribution in [3.8, 4) is 27.9 Å². The summed E-state index contributed by atoms with van der Waals surface area (Å²) in [5.41, 5.74) is 15.8. The van der Waals surface area contributed by atoms with E-state index in [-0.39, 0.29) is 5.82 Å². The Hall–Kier alpha value is -7.49. The lowest BCUT2D eigenvalue weighted by atomic mass is 9.67. The van der Waals surface area contributed by atoms with Crippen molar-refractivity contribution in [2.24, 2.45) is 0 Å². The first kappa shape index (κ1) is 33.8. The molecule has 0 fully saturated rings. The van der Waals surface area contributed by atoms with Gasteiger partial charge in [-0.2, -0.15) is 0 Å². The lowest BCUT2D eigenvalue weighted by Crippen LogP contribution is -2.28. The van der Waals surface area contributed by atoms with Gasteiger partial charge in [0.25, 0.3) is 0 Å². The Morgan fingerprint density at radius 3 is 1.62 bits per heavy atom. The lowest BCUT2D eigenvalue weighted by molar-refractivity contribution is 0.628. The Bertz CT molecular complexity index is 3060. The summed E-state index contributed by atoms with van der Waals surface area (Å²) >= 11 is 0. The van der Waals surface area contributed by atoms with Gasteiger partial charge in [-0.1, -0.05) is 146 Å². The number of aromatic nitrogens is 1. The zero-order valence-corrected chi connectivity index (χ0v) is 31.6. The van der Waals surface area contributed by atoms with Gasteiger partial charge < -0.3 is 9.47 Å². The summed E-state index contributed by atoms with van der Waals surface area (Å²) in [7, 11) is 0. The molecule has 1 heterocycles. The summed E-state index contributed by atoms with van der Waals surface area (Å²) in [6.07, 6.45) is 0. The summed E-state index contributed by atoms with van der Waals surface area (Å²) in [5.74, 6) is -0.252. The largest absolute Gasteiger partial charge is 0.311 e. The Labute approximate surface area is 337 Å². The highest BCUT2D eigenvalue weighted by atomic mass is 19.1. The molecule has 0 unspecified atom stereocenters. The highest BCUT2D eigenvalue weighted by Crippen LogP contribution is 2.56. The van der Waals surface area contributed by atoms with Crippen molar-refractivity contribution in [1.82, 2.24) is 4.57 Å². The van der Waals surface area contributed by atoms with E-state index in [1.807, 2.05) is 30.3 Å². The molecule has 0 saturated heterocycles. The number of benzene rings is 9. The molecule has 11 rings (SSSR count). The van der Waals surface area contributed by atoms with E-state index in [4.69, 9.17) is 0 Å². The van der Waals surface area contributed by atoms with Crippen molar-refractivity contribution in [3.63, 3.8) is 0 Å². The number of hydrogen-bond acceptors (Lipinski definition) is 1. The number of fused-ring (bicyclic) bond motifs is 6. The van der Waals surface area contributed by atoms with Crippen LogP contribution in [0, 0.1) is 5.82 Å². The molecular formula is C55H37FN2. The van der Waals surface area contributed by atoms with E-state index in [2.05, 4.69) is 191 Å². The fourth-order valence-corrected chi connectivity index (χ4v) is 9.42. The highest BCUT2D eigenvalue weighted by molar-refractivity contribution is 6.10. The van der Waals surface area contributed by atoms with Gasteiger partial charge in [0.1, 0.15) is 5.82 Å². The van der Waals surface area contributed by atoms with E-state index in [9.17, 15) is 4.39 Å². The Kier molecular flexibility index (Phi) is 7.94. The van der Waals surface area contributed by atoms with E-state index in [1.54, 1.807) is 0 Å². The monoisotopic (exact) mass is 744 g/mol. The first-order valence-electron chi connectivity index (χ1n) is 19.8. The zero-order chi connectivity index (χ0) is 38.6. The predicted octanol–water partition coefficient (Wildman–Crippen LogP) is 14.4. The van der Waals surface area contributed by atoms with Crippen molar-refractivity contribution in [1.29, 1.82) is 0 Å². The minimum Gasteiger partial charge on any atom is -0.311 e. The normalized spacial score (nSPS) is 12.7. The highest BCUT2D eigenvalue weighted by Gasteiger charge is 2.46. The molecule has 274 valence electrons. The molecule has 0 N–H and O–H groups in total. The molecule has 0 saturated carbocycles. The van der Waals surface area contributed by atoms with Gasteiger partial charge in [-0.05, 0) is 123 Å². The summed E-state index contributed by atoms with van der Waals surface area (Å²) in [5, 5.41) is 2.42. The van der Waals surface area contributed by atoms with Crippen LogP contribution in [0.5, 0.6) is 0 Å². The maximum Gasteiger partial charge on any atom is 0.123 e. The van der Waals surface area contributed by atoms with Crippen molar-refractivity contribution >= 4 is 38.9 Å². The summed E-state index contributed by atoms with van der Waals surface area (Å²) in [4.78, 5) is 2.15. The zero-order valence-electron chi connectivity index (χ0n) is 31.6. The van der Waals surface area contributed by atoms with Crippen LogP contribution in [-0.2, 0) is 5.41 Å². The Balaban J connectivity index is 1.05. The van der Waals surface area contributed by atoms with Crippen LogP contribution < -0.4 is 4.90 Å². The van der Waals surface area contributed by atoms with E-state index < -0.39 is 5.41 Å². The molecule has 3 heteroatoms. The van der Waals surface area contributed by atoms with Gasteiger partial charge in [0, 0.05) is 33.5 Å². The lowest BCUT2D eigenvalue weighted by Gasteiger charge is -2.34. The predicted molar refractivity (Wildman–Crippen MR) is 238 cm³/mol. The standard InChI is InChI=1S/C55H37FN2/c56-42-27-31-45(32-28-42)57(43-18-8-3-9-19-43)44-29-24-38(25-30-44)39-26-35-54-50(36-39)49-21-11-13-23-53(49)58(54)46-33-34-48-47-20-10-12-22-51(47)55(52(48)37-46,40-14-4-1-5-15-40)41-16-6-2-7-17-41/h1-37H. The third-order valence-electron chi connectivity index (χ3n) is 11.9. The average molecular weight is 745 g/mol. The molecule has 0 aliphatic heterocycles. The second kappa shape index (κ2) is 13.6. The molecule has 0 bridgehead atoms. The molecule has 2 nitrogen and oxygen atoms in total. The summed E-state index contributed by atoms with van der Waals surface area (Å²) in [6, 6.07) is 79.1. The van der Waals surface area contributed by atoms with Gasteiger partial charge in [-0.3, -0.25) is 0 Å². The van der Waals surface area contributed by atoms with Crippen LogP contribution in [0.1, 0.15) is 22.3 Å². The fraction of sp³-hybridized carbons (Fsp3) is 0.0182. The second-order valence-corrected chi connectivity index (χ2v) is 15.0. The molecule has 0 spiro atoms. The van der Waals surface area contributed by atoms with Gasteiger partial charge in [-0.15, -0.1) is 0 Å². The number of rotatable bonds is 7. The SMILES string of the molecule is Fc1ccc(N(c2ccccc2)c2ccc(-c3ccc4c(c3)c3ccccc3n4-c3ccc4c(c3)C(c3ccccc3)(c3ccccc3)c3ccccc3-4)cc2)cc1. The summed E-state index contributed by atoms with van der Waals surface area (Å²) < 4.78 is 16.4. The smallest absolute Gasteiger partial charge is 0.123 e. The number of nitrogens with zero attached hydrogens (tertiary/aromatic N) is 2. The average Bonchev–Trinajstić information content (AvgIpc) is 3.78. The maximum atomic E-state index is 13.9. The van der Waals surface area contributed by atoms with Crippen LogP contribution in [-0.4, -0.2) is 4.57 Å². The molecule has 0 atom stereocenters. The number of hydrogen-bond donors (Lipinski definition) is 0. The van der Waals surface area contributed by atoms with Crippen molar-refractivity contribution in [2.45, 2.75) is 5.41 Å². The quantitative estimate of drug-likeness (QED) is 0.158. The van der Waals surface area contributed by atoms with Crippen LogP contribution in [0.25, 0.3) is 49.7 Å². The minimum atomic E-state index is -0.477. The fourth-order valence-electron chi connectivity index (χ4n) is 9.42. The molecular weight excluding hydrogens is 708 g/mol. The van der Waals surface area contributed by atoms with Crippen LogP contribution >= 0.6 is 0 Å². The number of halogens is 1. The number of para-hydroxylation sites is 2.